The molecule has 3 nitrogen and oxygen atoms in total. The summed E-state index contributed by atoms with van der Waals surface area (Å²) in [6, 6.07) is 3.64. The Labute approximate surface area is 85.0 Å². The van der Waals surface area contributed by atoms with E-state index in [1.165, 1.54) is 0 Å². The number of nitrogens with two attached hydrogens (primary N) is 1. The molecule has 0 fully saturated rings. The van der Waals surface area contributed by atoms with Gasteiger partial charge in [-0.1, -0.05) is 13.0 Å². The van der Waals surface area contributed by atoms with Crippen molar-refractivity contribution in [1.82, 2.24) is 0 Å². The second kappa shape index (κ2) is 3.71. The maximum atomic E-state index is 11.3. The highest BCUT2D eigenvalue weighted by molar-refractivity contribution is 7.89. The maximum Gasteiger partial charge on any atom is 0.238 e. The summed E-state index contributed by atoms with van der Waals surface area (Å²) in [7, 11) is -3.59. The highest BCUT2D eigenvalue weighted by atomic mass is 32.2. The zero-order chi connectivity index (χ0) is 10.9. The number of hydrogen-bond donors (Lipinski definition) is 1. The standard InChI is InChI=1S/C10H15NO2S/c1-4-9-5-7(2)8(3)10(6-9)14(11,12)13/h5-6H,4H2,1-3H3,(H2,11,12,13). The molecule has 0 saturated carbocycles. The molecule has 0 aliphatic rings. The summed E-state index contributed by atoms with van der Waals surface area (Å²) in [5.74, 6) is 0. The molecule has 78 valence electrons. The van der Waals surface area contributed by atoms with Gasteiger partial charge >= 0.3 is 0 Å². The van der Waals surface area contributed by atoms with E-state index in [2.05, 4.69) is 0 Å². The van der Waals surface area contributed by atoms with Crippen LogP contribution in [-0.4, -0.2) is 8.42 Å². The van der Waals surface area contributed by atoms with Crippen LogP contribution in [0.1, 0.15) is 23.6 Å². The number of hydrogen-bond acceptors (Lipinski definition) is 2. The minimum atomic E-state index is -3.59. The van der Waals surface area contributed by atoms with Gasteiger partial charge in [0.05, 0.1) is 4.90 Å². The van der Waals surface area contributed by atoms with E-state index < -0.39 is 10.0 Å². The minimum absolute atomic E-state index is 0.245. The molecule has 0 aliphatic carbocycles. The molecule has 0 unspecified atom stereocenters. The quantitative estimate of drug-likeness (QED) is 0.809. The first-order valence-corrected chi connectivity index (χ1v) is 6.03. The molecule has 0 atom stereocenters. The van der Waals surface area contributed by atoms with Gasteiger partial charge < -0.3 is 0 Å². The Kier molecular flexibility index (Phi) is 2.97. The summed E-state index contributed by atoms with van der Waals surface area (Å²) in [6.45, 7) is 5.65. The van der Waals surface area contributed by atoms with Crippen molar-refractivity contribution in [1.29, 1.82) is 0 Å². The average Bonchev–Trinajstić information content (AvgIpc) is 2.07. The molecule has 2 N–H and O–H groups in total. The number of aryl methyl sites for hydroxylation is 2. The van der Waals surface area contributed by atoms with Gasteiger partial charge in [-0.15, -0.1) is 0 Å². The van der Waals surface area contributed by atoms with Crippen molar-refractivity contribution in [3.05, 3.63) is 28.8 Å². The molecule has 0 aromatic heterocycles. The lowest BCUT2D eigenvalue weighted by Gasteiger charge is -2.09. The number of rotatable bonds is 2. The lowest BCUT2D eigenvalue weighted by molar-refractivity contribution is 0.597. The molecule has 0 radical (unpaired) electrons. The van der Waals surface area contributed by atoms with E-state index >= 15 is 0 Å². The molecule has 14 heavy (non-hydrogen) atoms. The molecule has 1 aromatic carbocycles. The second-order valence-corrected chi connectivity index (χ2v) is 4.96. The van der Waals surface area contributed by atoms with Gasteiger partial charge in [0.1, 0.15) is 0 Å². The van der Waals surface area contributed by atoms with Crippen molar-refractivity contribution in [2.45, 2.75) is 32.1 Å². The molecule has 0 bridgehead atoms. The third-order valence-electron chi connectivity index (χ3n) is 2.39. The van der Waals surface area contributed by atoms with E-state index in [0.717, 1.165) is 23.1 Å². The van der Waals surface area contributed by atoms with E-state index in [0.29, 0.717) is 0 Å². The summed E-state index contributed by atoms with van der Waals surface area (Å²) in [5.41, 5.74) is 2.70. The van der Waals surface area contributed by atoms with E-state index in [9.17, 15) is 8.42 Å². The van der Waals surface area contributed by atoms with Gasteiger partial charge in [0.25, 0.3) is 0 Å². The minimum Gasteiger partial charge on any atom is -0.225 e. The van der Waals surface area contributed by atoms with Crippen LogP contribution >= 0.6 is 0 Å². The first-order chi connectivity index (χ1) is 6.36. The van der Waals surface area contributed by atoms with Gasteiger partial charge in [-0.05, 0) is 43.0 Å². The molecule has 4 heteroatoms. The van der Waals surface area contributed by atoms with E-state index in [4.69, 9.17) is 5.14 Å². The molecular weight excluding hydrogens is 198 g/mol. The smallest absolute Gasteiger partial charge is 0.225 e. The molecule has 0 aliphatic heterocycles. The van der Waals surface area contributed by atoms with Crippen molar-refractivity contribution >= 4 is 10.0 Å². The van der Waals surface area contributed by atoms with Gasteiger partial charge in [-0.25, -0.2) is 13.6 Å². The number of benzene rings is 1. The molecule has 0 heterocycles. The maximum absolute atomic E-state index is 11.3. The molecule has 0 spiro atoms. The summed E-state index contributed by atoms with van der Waals surface area (Å²) in [4.78, 5) is 0.245. The third kappa shape index (κ3) is 2.13. The van der Waals surface area contributed by atoms with Gasteiger partial charge in [0, 0.05) is 0 Å². The van der Waals surface area contributed by atoms with Gasteiger partial charge in [0.15, 0.2) is 0 Å². The molecule has 0 saturated heterocycles. The predicted molar refractivity (Wildman–Crippen MR) is 56.7 cm³/mol. The van der Waals surface area contributed by atoms with Crippen LogP contribution in [0, 0.1) is 13.8 Å². The fourth-order valence-electron chi connectivity index (χ4n) is 1.40. The number of primary sulfonamides is 1. The molecule has 0 amide bonds. The summed E-state index contributed by atoms with van der Waals surface area (Å²) in [6.07, 6.45) is 0.809. The number of sulfonamides is 1. The van der Waals surface area contributed by atoms with Gasteiger partial charge in [-0.3, -0.25) is 0 Å². The van der Waals surface area contributed by atoms with Crippen molar-refractivity contribution in [2.24, 2.45) is 5.14 Å². The topological polar surface area (TPSA) is 60.2 Å². The zero-order valence-electron chi connectivity index (χ0n) is 8.66. The van der Waals surface area contributed by atoms with Crippen molar-refractivity contribution < 1.29 is 8.42 Å². The Morgan fingerprint density at radius 3 is 2.29 bits per heavy atom. The van der Waals surface area contributed by atoms with Crippen LogP contribution in [0.25, 0.3) is 0 Å². The molecule has 1 aromatic rings. The van der Waals surface area contributed by atoms with Crippen LogP contribution in [0.3, 0.4) is 0 Å². The summed E-state index contributed by atoms with van der Waals surface area (Å²) < 4.78 is 22.5. The normalized spacial score (nSPS) is 11.7. The molecule has 1 rings (SSSR count). The highest BCUT2D eigenvalue weighted by Gasteiger charge is 2.13. The Balaban J connectivity index is 3.51. The Morgan fingerprint density at radius 1 is 1.29 bits per heavy atom. The largest absolute Gasteiger partial charge is 0.238 e. The predicted octanol–water partition coefficient (Wildman–Crippen LogP) is 1.51. The van der Waals surface area contributed by atoms with Crippen LogP contribution in [0.15, 0.2) is 17.0 Å². The van der Waals surface area contributed by atoms with E-state index in [-0.39, 0.29) is 4.90 Å². The third-order valence-corrected chi connectivity index (χ3v) is 3.43. The first-order valence-electron chi connectivity index (χ1n) is 4.49. The van der Waals surface area contributed by atoms with Crippen molar-refractivity contribution in [2.75, 3.05) is 0 Å². The van der Waals surface area contributed by atoms with Crippen LogP contribution in [0.4, 0.5) is 0 Å². The van der Waals surface area contributed by atoms with Crippen LogP contribution < -0.4 is 5.14 Å². The lowest BCUT2D eigenvalue weighted by Crippen LogP contribution is -2.14. The monoisotopic (exact) mass is 213 g/mol. The van der Waals surface area contributed by atoms with Crippen LogP contribution in [-0.2, 0) is 16.4 Å². The van der Waals surface area contributed by atoms with Gasteiger partial charge in [-0.2, -0.15) is 0 Å². The van der Waals surface area contributed by atoms with E-state index in [1.807, 2.05) is 19.9 Å². The second-order valence-electron chi connectivity index (χ2n) is 3.43. The first kappa shape index (κ1) is 11.2. The fraction of sp³-hybridized carbons (Fsp3) is 0.400. The lowest BCUT2D eigenvalue weighted by atomic mass is 10.0. The molecular formula is C10H15NO2S. The summed E-state index contributed by atoms with van der Waals surface area (Å²) >= 11 is 0. The van der Waals surface area contributed by atoms with Crippen molar-refractivity contribution in [3.8, 4) is 0 Å². The van der Waals surface area contributed by atoms with E-state index in [1.54, 1.807) is 13.0 Å². The zero-order valence-corrected chi connectivity index (χ0v) is 9.48. The Bertz CT molecular complexity index is 449. The van der Waals surface area contributed by atoms with Crippen LogP contribution in [0.5, 0.6) is 0 Å². The van der Waals surface area contributed by atoms with Gasteiger partial charge in [0.2, 0.25) is 10.0 Å². The highest BCUT2D eigenvalue weighted by Crippen LogP contribution is 2.20. The van der Waals surface area contributed by atoms with Crippen molar-refractivity contribution in [3.63, 3.8) is 0 Å². The Morgan fingerprint density at radius 2 is 1.86 bits per heavy atom. The Hall–Kier alpha value is -0.870. The SMILES string of the molecule is CCc1cc(C)c(C)c(S(N)(=O)=O)c1. The van der Waals surface area contributed by atoms with Crippen LogP contribution in [0.2, 0.25) is 0 Å². The summed E-state index contributed by atoms with van der Waals surface area (Å²) in [5, 5.41) is 5.12. The average molecular weight is 213 g/mol. The fourth-order valence-corrected chi connectivity index (χ4v) is 2.30.